The molecule has 1 unspecified atom stereocenters. The Kier molecular flexibility index (Phi) is 3.87. The summed E-state index contributed by atoms with van der Waals surface area (Å²) in [4.78, 5) is 10.0. The van der Waals surface area contributed by atoms with Gasteiger partial charge in [-0.25, -0.2) is 4.98 Å². The lowest BCUT2D eigenvalue weighted by Crippen LogP contribution is -2.21. The van der Waals surface area contributed by atoms with Crippen LogP contribution in [0.1, 0.15) is 33.7 Å². The van der Waals surface area contributed by atoms with Crippen molar-refractivity contribution in [1.29, 1.82) is 0 Å². The molecule has 0 aromatic carbocycles. The minimum Gasteiger partial charge on any atom is -0.387 e. The molecule has 0 spiro atoms. The van der Waals surface area contributed by atoms with Gasteiger partial charge in [-0.3, -0.25) is 4.98 Å². The molecular weight excluding hydrogens is 258 g/mol. The van der Waals surface area contributed by atoms with Crippen LogP contribution in [0.2, 0.25) is 0 Å². The topological polar surface area (TPSA) is 58.0 Å². The number of rotatable bonds is 5. The first-order chi connectivity index (χ1) is 9.33. The van der Waals surface area contributed by atoms with Crippen molar-refractivity contribution >= 4 is 11.3 Å². The van der Waals surface area contributed by atoms with Gasteiger partial charge in [0.05, 0.1) is 11.8 Å². The van der Waals surface area contributed by atoms with Gasteiger partial charge in [0.15, 0.2) is 0 Å². The summed E-state index contributed by atoms with van der Waals surface area (Å²) in [5.74, 6) is 0. The zero-order valence-electron chi connectivity index (χ0n) is 10.7. The van der Waals surface area contributed by atoms with Gasteiger partial charge in [0.25, 0.3) is 0 Å². The first kappa shape index (κ1) is 12.7. The second-order valence-corrected chi connectivity index (χ2v) is 5.93. The van der Waals surface area contributed by atoms with Gasteiger partial charge in [-0.2, -0.15) is 0 Å². The number of nitrogens with zero attached hydrogens (tertiary/aromatic N) is 2. The molecule has 0 saturated heterocycles. The van der Waals surface area contributed by atoms with Crippen LogP contribution in [0.4, 0.5) is 0 Å². The van der Waals surface area contributed by atoms with E-state index < -0.39 is 6.10 Å². The molecule has 100 valence electrons. The molecule has 1 aliphatic carbocycles. The number of aliphatic hydroxyl groups excluding tert-OH is 1. The fourth-order valence-corrected chi connectivity index (χ4v) is 3.47. The highest BCUT2D eigenvalue weighted by atomic mass is 32.1. The van der Waals surface area contributed by atoms with E-state index in [0.29, 0.717) is 6.54 Å². The smallest absolute Gasteiger partial charge is 0.107 e. The van der Waals surface area contributed by atoms with E-state index in [4.69, 9.17) is 0 Å². The van der Waals surface area contributed by atoms with E-state index in [9.17, 15) is 5.11 Å². The van der Waals surface area contributed by atoms with E-state index in [2.05, 4.69) is 15.3 Å². The maximum Gasteiger partial charge on any atom is 0.107 e. The third kappa shape index (κ3) is 3.00. The first-order valence-corrected chi connectivity index (χ1v) is 7.41. The van der Waals surface area contributed by atoms with Gasteiger partial charge in [-0.1, -0.05) is 0 Å². The lowest BCUT2D eigenvalue weighted by molar-refractivity contribution is 0.174. The van der Waals surface area contributed by atoms with E-state index in [-0.39, 0.29) is 0 Å². The van der Waals surface area contributed by atoms with Crippen LogP contribution in [0.25, 0.3) is 0 Å². The molecular formula is C14H17N3OS. The highest BCUT2D eigenvalue weighted by Crippen LogP contribution is 2.27. The van der Waals surface area contributed by atoms with Crippen molar-refractivity contribution in [2.45, 2.75) is 31.9 Å². The van der Waals surface area contributed by atoms with Crippen molar-refractivity contribution in [2.24, 2.45) is 0 Å². The number of fused-ring (bicyclic) bond motifs is 1. The SMILES string of the molecule is OC(CNCc1nc2c(s1)CCC2)c1ccncc1. The molecule has 2 aromatic heterocycles. The van der Waals surface area contributed by atoms with Gasteiger partial charge in [0, 0.05) is 30.4 Å². The lowest BCUT2D eigenvalue weighted by atomic mass is 10.1. The van der Waals surface area contributed by atoms with E-state index >= 15 is 0 Å². The van der Waals surface area contributed by atoms with Crippen LogP contribution in [-0.2, 0) is 19.4 Å². The number of hydrogen-bond donors (Lipinski definition) is 2. The molecule has 0 saturated carbocycles. The van der Waals surface area contributed by atoms with Crippen molar-refractivity contribution in [3.63, 3.8) is 0 Å². The average molecular weight is 275 g/mol. The summed E-state index contributed by atoms with van der Waals surface area (Å²) in [6, 6.07) is 3.68. The Morgan fingerprint density at radius 3 is 2.95 bits per heavy atom. The summed E-state index contributed by atoms with van der Waals surface area (Å²) in [6.45, 7) is 1.27. The largest absolute Gasteiger partial charge is 0.387 e. The molecule has 0 bridgehead atoms. The van der Waals surface area contributed by atoms with Gasteiger partial charge in [-0.15, -0.1) is 11.3 Å². The van der Waals surface area contributed by atoms with Crippen molar-refractivity contribution in [2.75, 3.05) is 6.54 Å². The predicted molar refractivity (Wildman–Crippen MR) is 75.0 cm³/mol. The molecule has 0 radical (unpaired) electrons. The number of nitrogens with one attached hydrogen (secondary N) is 1. The van der Waals surface area contributed by atoms with Crippen molar-refractivity contribution in [3.8, 4) is 0 Å². The number of thiazole rings is 1. The zero-order valence-corrected chi connectivity index (χ0v) is 11.5. The molecule has 5 heteroatoms. The highest BCUT2D eigenvalue weighted by molar-refractivity contribution is 7.11. The molecule has 4 nitrogen and oxygen atoms in total. The van der Waals surface area contributed by atoms with Gasteiger partial charge in [0.1, 0.15) is 5.01 Å². The third-order valence-corrected chi connectivity index (χ3v) is 4.50. The van der Waals surface area contributed by atoms with Crippen molar-refractivity contribution in [1.82, 2.24) is 15.3 Å². The van der Waals surface area contributed by atoms with Crippen LogP contribution >= 0.6 is 11.3 Å². The molecule has 3 rings (SSSR count). The van der Waals surface area contributed by atoms with Crippen molar-refractivity contribution < 1.29 is 5.11 Å². The minimum absolute atomic E-state index is 0.491. The molecule has 1 atom stereocenters. The van der Waals surface area contributed by atoms with Gasteiger partial charge in [-0.05, 0) is 37.0 Å². The summed E-state index contributed by atoms with van der Waals surface area (Å²) >= 11 is 1.80. The maximum atomic E-state index is 10.0. The molecule has 0 aliphatic heterocycles. The monoisotopic (exact) mass is 275 g/mol. The standard InChI is InChI=1S/C14H17N3OS/c18-12(10-4-6-15-7-5-10)8-16-9-14-17-11-2-1-3-13(11)19-14/h4-7,12,16,18H,1-3,8-9H2. The van der Waals surface area contributed by atoms with Crippen LogP contribution in [-0.4, -0.2) is 21.6 Å². The Morgan fingerprint density at radius 1 is 1.32 bits per heavy atom. The molecule has 2 heterocycles. The Hall–Kier alpha value is -1.30. The van der Waals surface area contributed by atoms with Crippen LogP contribution in [0, 0.1) is 0 Å². The average Bonchev–Trinajstić information content (AvgIpc) is 3.00. The van der Waals surface area contributed by atoms with Crippen LogP contribution in [0.15, 0.2) is 24.5 Å². The fourth-order valence-electron chi connectivity index (χ4n) is 2.34. The third-order valence-electron chi connectivity index (χ3n) is 3.34. The number of hydrogen-bond acceptors (Lipinski definition) is 5. The lowest BCUT2D eigenvalue weighted by Gasteiger charge is -2.10. The fraction of sp³-hybridized carbons (Fsp3) is 0.429. The normalized spacial score (nSPS) is 15.4. The molecule has 19 heavy (non-hydrogen) atoms. The molecule has 0 fully saturated rings. The van der Waals surface area contributed by atoms with Crippen LogP contribution < -0.4 is 5.32 Å². The molecule has 1 aliphatic rings. The van der Waals surface area contributed by atoms with E-state index in [0.717, 1.165) is 23.5 Å². The summed E-state index contributed by atoms with van der Waals surface area (Å²) in [6.07, 6.45) is 6.48. The second-order valence-electron chi connectivity index (χ2n) is 4.76. The zero-order chi connectivity index (χ0) is 13.1. The Bertz CT molecular complexity index is 519. The second kappa shape index (κ2) is 5.77. The Morgan fingerprint density at radius 2 is 2.16 bits per heavy atom. The Balaban J connectivity index is 1.50. The van der Waals surface area contributed by atoms with Gasteiger partial charge in [0.2, 0.25) is 0 Å². The summed E-state index contributed by atoms with van der Waals surface area (Å²) in [5, 5.41) is 14.4. The first-order valence-electron chi connectivity index (χ1n) is 6.59. The minimum atomic E-state index is -0.491. The van der Waals surface area contributed by atoms with Crippen molar-refractivity contribution in [3.05, 3.63) is 45.7 Å². The summed E-state index contributed by atoms with van der Waals surface area (Å²) in [7, 11) is 0. The van der Waals surface area contributed by atoms with Gasteiger partial charge < -0.3 is 10.4 Å². The van der Waals surface area contributed by atoms with Crippen LogP contribution in [0.5, 0.6) is 0 Å². The quantitative estimate of drug-likeness (QED) is 0.874. The van der Waals surface area contributed by atoms with Crippen LogP contribution in [0.3, 0.4) is 0 Å². The van der Waals surface area contributed by atoms with E-state index in [1.54, 1.807) is 23.7 Å². The summed E-state index contributed by atoms with van der Waals surface area (Å²) in [5.41, 5.74) is 2.18. The number of aryl methyl sites for hydroxylation is 2. The molecule has 2 N–H and O–H groups in total. The van der Waals surface area contributed by atoms with E-state index in [1.807, 2.05) is 12.1 Å². The van der Waals surface area contributed by atoms with E-state index in [1.165, 1.54) is 23.4 Å². The summed E-state index contributed by atoms with van der Waals surface area (Å²) < 4.78 is 0. The maximum absolute atomic E-state index is 10.0. The molecule has 0 amide bonds. The van der Waals surface area contributed by atoms with Gasteiger partial charge >= 0.3 is 0 Å². The number of aromatic nitrogens is 2. The highest BCUT2D eigenvalue weighted by Gasteiger charge is 2.16. The predicted octanol–water partition coefficient (Wildman–Crippen LogP) is 1.85. The molecule has 2 aromatic rings. The number of aliphatic hydroxyl groups is 1. The Labute approximate surface area is 116 Å². The number of pyridine rings is 1.